The van der Waals surface area contributed by atoms with Crippen LogP contribution in [0.15, 0.2) is 36.4 Å². The predicted octanol–water partition coefficient (Wildman–Crippen LogP) is 6.90. The lowest BCUT2D eigenvalue weighted by Gasteiger charge is -2.42. The van der Waals surface area contributed by atoms with Gasteiger partial charge in [-0.1, -0.05) is 44.2 Å². The van der Waals surface area contributed by atoms with Gasteiger partial charge in [-0.05, 0) is 80.7 Å². The summed E-state index contributed by atoms with van der Waals surface area (Å²) in [6, 6.07) is 14.5. The minimum atomic E-state index is 0.359. The third-order valence-corrected chi connectivity index (χ3v) is 9.25. The maximum atomic E-state index is 5.84. The minimum absolute atomic E-state index is 0.359. The van der Waals surface area contributed by atoms with E-state index in [4.69, 9.17) is 14.7 Å². The van der Waals surface area contributed by atoms with Crippen molar-refractivity contribution >= 4 is 11.5 Å². The molecule has 0 saturated carbocycles. The molecule has 3 atom stereocenters. The third kappa shape index (κ3) is 4.39. The third-order valence-electron chi connectivity index (χ3n) is 9.25. The second-order valence-electron chi connectivity index (χ2n) is 12.1. The fourth-order valence-corrected chi connectivity index (χ4v) is 7.09. The highest BCUT2D eigenvalue weighted by molar-refractivity contribution is 5.69. The van der Waals surface area contributed by atoms with Crippen LogP contribution in [-0.4, -0.2) is 41.8 Å². The summed E-state index contributed by atoms with van der Waals surface area (Å²) in [5.41, 5.74) is 10.3. The maximum absolute atomic E-state index is 5.84. The van der Waals surface area contributed by atoms with Gasteiger partial charge in [-0.15, -0.1) is 0 Å². The number of benzene rings is 2. The van der Waals surface area contributed by atoms with Crippen LogP contribution in [0.4, 0.5) is 11.5 Å². The first-order valence-corrected chi connectivity index (χ1v) is 14.5. The van der Waals surface area contributed by atoms with Gasteiger partial charge in [-0.3, -0.25) is 0 Å². The monoisotopic (exact) mass is 510 g/mol. The number of aryl methyl sites for hydroxylation is 3. The van der Waals surface area contributed by atoms with Gasteiger partial charge >= 0.3 is 0 Å². The molecular weight excluding hydrogens is 468 g/mol. The zero-order valence-electron chi connectivity index (χ0n) is 23.9. The van der Waals surface area contributed by atoms with E-state index in [0.29, 0.717) is 24.1 Å². The Kier molecular flexibility index (Phi) is 6.67. The molecule has 0 unspecified atom stereocenters. The standard InChI is InChI=1S/C33H42N4O/c1-20(2)24-11-10-21(3)30(16-24)36-15-14-29-28(19-36)33(37-25-12-13-26(37)18-27(17-25)38-6)35-32(34-29)31-22(4)8-7-9-23(31)5/h7-11,16,20,25-27H,12-15,17-19H2,1-6H3/t25-,26+,27+. The Hall–Kier alpha value is -2.92. The van der Waals surface area contributed by atoms with E-state index in [1.165, 1.54) is 63.4 Å². The van der Waals surface area contributed by atoms with E-state index in [1.54, 1.807) is 0 Å². The fourth-order valence-electron chi connectivity index (χ4n) is 7.09. The van der Waals surface area contributed by atoms with Gasteiger partial charge in [0, 0.05) is 55.5 Å². The van der Waals surface area contributed by atoms with Crippen molar-refractivity contribution in [1.82, 2.24) is 9.97 Å². The molecule has 0 aliphatic carbocycles. The predicted molar refractivity (Wildman–Crippen MR) is 156 cm³/mol. The number of methoxy groups -OCH3 is 1. The molecule has 2 aromatic carbocycles. The van der Waals surface area contributed by atoms with Gasteiger partial charge in [0.15, 0.2) is 5.82 Å². The maximum Gasteiger partial charge on any atom is 0.162 e. The summed E-state index contributed by atoms with van der Waals surface area (Å²) in [6.07, 6.45) is 5.92. The van der Waals surface area contributed by atoms with Gasteiger partial charge in [0.25, 0.3) is 0 Å². The number of piperidine rings is 1. The number of anilines is 2. The first-order valence-electron chi connectivity index (χ1n) is 14.5. The Morgan fingerprint density at radius 3 is 2.29 bits per heavy atom. The Morgan fingerprint density at radius 2 is 1.63 bits per heavy atom. The fraction of sp³-hybridized carbons (Fsp3) is 0.515. The van der Waals surface area contributed by atoms with Crippen molar-refractivity contribution in [3.8, 4) is 11.4 Å². The van der Waals surface area contributed by atoms with Gasteiger partial charge < -0.3 is 14.5 Å². The van der Waals surface area contributed by atoms with Gasteiger partial charge in [0.1, 0.15) is 5.82 Å². The zero-order chi connectivity index (χ0) is 26.6. The summed E-state index contributed by atoms with van der Waals surface area (Å²) < 4.78 is 5.84. The molecule has 5 heteroatoms. The van der Waals surface area contributed by atoms with Crippen LogP contribution in [0.2, 0.25) is 0 Å². The van der Waals surface area contributed by atoms with E-state index in [-0.39, 0.29) is 0 Å². The average Bonchev–Trinajstić information content (AvgIpc) is 3.16. The van der Waals surface area contributed by atoms with Gasteiger partial charge in [-0.25, -0.2) is 9.97 Å². The summed E-state index contributed by atoms with van der Waals surface area (Å²) in [6.45, 7) is 13.0. The Bertz CT molecular complexity index is 1310. The van der Waals surface area contributed by atoms with Crippen LogP contribution in [0.5, 0.6) is 0 Å². The second-order valence-corrected chi connectivity index (χ2v) is 12.1. The highest BCUT2D eigenvalue weighted by Crippen LogP contribution is 2.43. The minimum Gasteiger partial charge on any atom is -0.381 e. The zero-order valence-corrected chi connectivity index (χ0v) is 23.9. The van der Waals surface area contributed by atoms with Crippen molar-refractivity contribution in [2.24, 2.45) is 0 Å². The smallest absolute Gasteiger partial charge is 0.162 e. The van der Waals surface area contributed by atoms with Crippen molar-refractivity contribution in [3.05, 3.63) is 69.9 Å². The molecule has 2 fully saturated rings. The number of ether oxygens (including phenoxy) is 1. The quantitative estimate of drug-likeness (QED) is 0.373. The molecule has 200 valence electrons. The molecule has 0 radical (unpaired) electrons. The summed E-state index contributed by atoms with van der Waals surface area (Å²) in [5.74, 6) is 2.59. The summed E-state index contributed by atoms with van der Waals surface area (Å²) >= 11 is 0. The number of hydrogen-bond donors (Lipinski definition) is 0. The molecule has 0 spiro atoms. The molecular formula is C33H42N4O. The molecule has 5 nitrogen and oxygen atoms in total. The molecule has 6 rings (SSSR count). The van der Waals surface area contributed by atoms with Gasteiger partial charge in [-0.2, -0.15) is 0 Å². The molecule has 2 bridgehead atoms. The van der Waals surface area contributed by atoms with Gasteiger partial charge in [0.2, 0.25) is 0 Å². The second kappa shape index (κ2) is 10.00. The normalized spacial score (nSPS) is 22.8. The average molecular weight is 511 g/mol. The number of hydrogen-bond acceptors (Lipinski definition) is 5. The van der Waals surface area contributed by atoms with Crippen LogP contribution < -0.4 is 9.80 Å². The lowest BCUT2D eigenvalue weighted by atomic mass is 9.95. The number of nitrogens with zero attached hydrogens (tertiary/aromatic N) is 4. The van der Waals surface area contributed by atoms with E-state index < -0.39 is 0 Å². The van der Waals surface area contributed by atoms with E-state index in [1.807, 2.05) is 7.11 Å². The summed E-state index contributed by atoms with van der Waals surface area (Å²) in [4.78, 5) is 15.9. The molecule has 3 aromatic rings. The van der Waals surface area contributed by atoms with E-state index in [9.17, 15) is 0 Å². The summed E-state index contributed by atoms with van der Waals surface area (Å²) in [5, 5.41) is 0. The number of fused-ring (bicyclic) bond motifs is 3. The molecule has 1 aromatic heterocycles. The van der Waals surface area contributed by atoms with Crippen LogP contribution in [-0.2, 0) is 17.7 Å². The van der Waals surface area contributed by atoms with E-state index in [0.717, 1.165) is 38.2 Å². The van der Waals surface area contributed by atoms with Crippen LogP contribution >= 0.6 is 0 Å². The lowest BCUT2D eigenvalue weighted by molar-refractivity contribution is 0.0681. The molecule has 4 heterocycles. The molecule has 0 N–H and O–H groups in total. The first-order chi connectivity index (χ1) is 18.3. The molecule has 2 saturated heterocycles. The van der Waals surface area contributed by atoms with Crippen molar-refractivity contribution in [2.75, 3.05) is 23.5 Å². The van der Waals surface area contributed by atoms with Crippen LogP contribution in [0.3, 0.4) is 0 Å². The van der Waals surface area contributed by atoms with Crippen molar-refractivity contribution in [3.63, 3.8) is 0 Å². The Labute approximate surface area is 228 Å². The molecule has 3 aliphatic heterocycles. The van der Waals surface area contributed by atoms with Crippen LogP contribution in [0, 0.1) is 20.8 Å². The van der Waals surface area contributed by atoms with E-state index >= 15 is 0 Å². The highest BCUT2D eigenvalue weighted by Gasteiger charge is 2.43. The molecule has 3 aliphatic rings. The summed E-state index contributed by atoms with van der Waals surface area (Å²) in [7, 11) is 1.87. The number of rotatable bonds is 5. The number of aromatic nitrogens is 2. The highest BCUT2D eigenvalue weighted by atomic mass is 16.5. The lowest BCUT2D eigenvalue weighted by Crippen LogP contribution is -2.47. The van der Waals surface area contributed by atoms with E-state index in [2.05, 4.69) is 80.8 Å². The SMILES string of the molecule is CO[C@H]1C[C@H]2CC[C@@H](C1)N2c1nc(-c2c(C)cccc2C)nc2c1CN(c1cc(C(C)C)ccc1C)CC2. The first kappa shape index (κ1) is 25.4. The van der Waals surface area contributed by atoms with Crippen molar-refractivity contribution in [1.29, 1.82) is 0 Å². The topological polar surface area (TPSA) is 41.5 Å². The van der Waals surface area contributed by atoms with Crippen LogP contribution in [0.1, 0.15) is 79.0 Å². The molecule has 38 heavy (non-hydrogen) atoms. The Balaban J connectivity index is 1.46. The van der Waals surface area contributed by atoms with Crippen LogP contribution in [0.25, 0.3) is 11.4 Å². The van der Waals surface area contributed by atoms with Crippen molar-refractivity contribution in [2.45, 2.75) is 97.4 Å². The largest absolute Gasteiger partial charge is 0.381 e. The Morgan fingerprint density at radius 1 is 0.921 bits per heavy atom. The molecule has 0 amide bonds. The van der Waals surface area contributed by atoms with Gasteiger partial charge in [0.05, 0.1) is 11.8 Å². The van der Waals surface area contributed by atoms with Crippen molar-refractivity contribution < 1.29 is 4.74 Å².